The maximum Gasteiger partial charge on any atom is 0.407 e. The van der Waals surface area contributed by atoms with E-state index in [1.54, 1.807) is 0 Å². The highest BCUT2D eigenvalue weighted by atomic mass is 16.5. The summed E-state index contributed by atoms with van der Waals surface area (Å²) in [4.78, 5) is 36.9. The van der Waals surface area contributed by atoms with Gasteiger partial charge in [-0.25, -0.2) is 4.79 Å². The van der Waals surface area contributed by atoms with E-state index in [-0.39, 0.29) is 37.3 Å². The Morgan fingerprint density at radius 3 is 2.23 bits per heavy atom. The lowest BCUT2D eigenvalue weighted by Crippen LogP contribution is -2.50. The lowest BCUT2D eigenvalue weighted by Gasteiger charge is -2.24. The third-order valence-electron chi connectivity index (χ3n) is 7.68. The molecule has 0 radical (unpaired) electrons. The van der Waals surface area contributed by atoms with Crippen molar-refractivity contribution in [3.8, 4) is 11.1 Å². The number of rotatable bonds is 9. The average molecular weight is 479 g/mol. The van der Waals surface area contributed by atoms with Gasteiger partial charge in [-0.3, -0.25) is 9.59 Å². The van der Waals surface area contributed by atoms with Crippen LogP contribution in [-0.4, -0.2) is 41.8 Å². The van der Waals surface area contributed by atoms with Crippen molar-refractivity contribution in [3.05, 3.63) is 59.7 Å². The number of hydrogen-bond donors (Lipinski definition) is 3. The van der Waals surface area contributed by atoms with Crippen LogP contribution in [0.25, 0.3) is 11.1 Å². The second-order valence-electron chi connectivity index (χ2n) is 9.67. The van der Waals surface area contributed by atoms with E-state index in [2.05, 4.69) is 36.6 Å². The van der Waals surface area contributed by atoms with Crippen LogP contribution in [0.4, 0.5) is 4.79 Å². The molecule has 0 bridgehead atoms. The topological polar surface area (TPSA) is 105 Å². The Kier molecular flexibility index (Phi) is 7.73. The zero-order valence-electron chi connectivity index (χ0n) is 20.3. The van der Waals surface area contributed by atoms with E-state index in [0.29, 0.717) is 11.8 Å². The third-order valence-corrected chi connectivity index (χ3v) is 7.68. The Morgan fingerprint density at radius 1 is 1.03 bits per heavy atom. The Hall–Kier alpha value is -3.35. The van der Waals surface area contributed by atoms with Crippen LogP contribution in [0.3, 0.4) is 0 Å². The summed E-state index contributed by atoms with van der Waals surface area (Å²) in [5, 5.41) is 14.8. The lowest BCUT2D eigenvalue weighted by atomic mass is 9.93. The van der Waals surface area contributed by atoms with Gasteiger partial charge in [0.25, 0.3) is 0 Å². The van der Waals surface area contributed by atoms with Crippen molar-refractivity contribution in [1.82, 2.24) is 10.6 Å². The van der Waals surface area contributed by atoms with Crippen LogP contribution in [0.1, 0.15) is 63.0 Å². The van der Waals surface area contributed by atoms with E-state index in [1.165, 1.54) is 0 Å². The van der Waals surface area contributed by atoms with Crippen LogP contribution < -0.4 is 10.6 Å². The molecule has 4 rings (SSSR count). The number of fused-ring (bicyclic) bond motifs is 3. The molecule has 0 saturated heterocycles. The fourth-order valence-corrected chi connectivity index (χ4v) is 5.63. The standard InChI is InChI=1S/C28H34N2O5/c1-3-18-12-13-24(17(18)2)29-27(33)25(14-15-26(31)32)30-28(34)35-16-23-21-10-6-4-8-19(21)20-9-5-7-11-22(20)23/h4-11,17-18,23-25H,3,12-16H2,1-2H3,(H,29,33)(H,30,34)(H,31,32). The normalized spacial score (nSPS) is 21.6. The summed E-state index contributed by atoms with van der Waals surface area (Å²) in [5.41, 5.74) is 4.46. The highest BCUT2D eigenvalue weighted by Gasteiger charge is 2.35. The zero-order valence-corrected chi connectivity index (χ0v) is 20.3. The van der Waals surface area contributed by atoms with Crippen LogP contribution in [-0.2, 0) is 14.3 Å². The predicted molar refractivity (Wildman–Crippen MR) is 133 cm³/mol. The molecule has 2 aromatic carbocycles. The van der Waals surface area contributed by atoms with Crippen molar-refractivity contribution >= 4 is 18.0 Å². The number of benzene rings is 2. The number of carbonyl (C=O) groups excluding carboxylic acids is 2. The van der Waals surface area contributed by atoms with Crippen LogP contribution in [0.2, 0.25) is 0 Å². The Labute approximate surface area is 206 Å². The van der Waals surface area contributed by atoms with Gasteiger partial charge < -0.3 is 20.5 Å². The molecular weight excluding hydrogens is 444 g/mol. The summed E-state index contributed by atoms with van der Waals surface area (Å²) in [6.07, 6.45) is 2.07. The fourth-order valence-electron chi connectivity index (χ4n) is 5.63. The van der Waals surface area contributed by atoms with Crippen molar-refractivity contribution in [1.29, 1.82) is 0 Å². The molecule has 0 aromatic heterocycles. The third kappa shape index (κ3) is 5.50. The van der Waals surface area contributed by atoms with Gasteiger partial charge in [0.1, 0.15) is 12.6 Å². The van der Waals surface area contributed by atoms with Gasteiger partial charge in [0.15, 0.2) is 0 Å². The number of carbonyl (C=O) groups is 3. The number of amides is 2. The molecular formula is C28H34N2O5. The van der Waals surface area contributed by atoms with Gasteiger partial charge in [-0.15, -0.1) is 0 Å². The van der Waals surface area contributed by atoms with E-state index in [1.807, 2.05) is 36.4 Å². The van der Waals surface area contributed by atoms with Crippen molar-refractivity contribution < 1.29 is 24.2 Å². The van der Waals surface area contributed by atoms with Crippen LogP contribution >= 0.6 is 0 Å². The summed E-state index contributed by atoms with van der Waals surface area (Å²) < 4.78 is 5.58. The molecule has 2 aliphatic rings. The number of ether oxygens (including phenoxy) is 1. The molecule has 4 atom stereocenters. The van der Waals surface area contributed by atoms with Crippen LogP contribution in [0, 0.1) is 11.8 Å². The minimum absolute atomic E-state index is 0.00364. The van der Waals surface area contributed by atoms with Gasteiger partial charge in [0.2, 0.25) is 5.91 Å². The highest BCUT2D eigenvalue weighted by Crippen LogP contribution is 2.44. The molecule has 7 heteroatoms. The molecule has 7 nitrogen and oxygen atoms in total. The Bertz CT molecular complexity index is 1040. The number of aliphatic carboxylic acids is 1. The summed E-state index contributed by atoms with van der Waals surface area (Å²) in [5.74, 6) is -0.554. The van der Waals surface area contributed by atoms with Gasteiger partial charge in [-0.2, -0.15) is 0 Å². The van der Waals surface area contributed by atoms with Gasteiger partial charge >= 0.3 is 12.1 Å². The summed E-state index contributed by atoms with van der Waals surface area (Å²) in [7, 11) is 0. The quantitative estimate of drug-likeness (QED) is 0.485. The van der Waals surface area contributed by atoms with E-state index < -0.39 is 18.1 Å². The first-order valence-electron chi connectivity index (χ1n) is 12.5. The predicted octanol–water partition coefficient (Wildman–Crippen LogP) is 4.70. The Morgan fingerprint density at radius 2 is 1.66 bits per heavy atom. The number of carboxylic acids is 1. The van der Waals surface area contributed by atoms with Crippen molar-refractivity contribution in [2.45, 2.75) is 64.0 Å². The zero-order chi connectivity index (χ0) is 24.9. The van der Waals surface area contributed by atoms with Gasteiger partial charge in [-0.1, -0.05) is 68.8 Å². The molecule has 2 aliphatic carbocycles. The van der Waals surface area contributed by atoms with Crippen LogP contribution in [0.5, 0.6) is 0 Å². The fraction of sp³-hybridized carbons (Fsp3) is 0.464. The molecule has 4 unspecified atom stereocenters. The van der Waals surface area contributed by atoms with Crippen molar-refractivity contribution in [3.63, 3.8) is 0 Å². The maximum atomic E-state index is 13.0. The summed E-state index contributed by atoms with van der Waals surface area (Å²) >= 11 is 0. The molecule has 0 heterocycles. The smallest absolute Gasteiger partial charge is 0.407 e. The first-order chi connectivity index (χ1) is 16.9. The summed E-state index contributed by atoms with van der Waals surface area (Å²) in [6.45, 7) is 4.42. The first-order valence-corrected chi connectivity index (χ1v) is 12.5. The van der Waals surface area contributed by atoms with E-state index in [9.17, 15) is 14.4 Å². The molecule has 2 aromatic rings. The number of alkyl carbamates (subject to hydrolysis) is 1. The molecule has 35 heavy (non-hydrogen) atoms. The largest absolute Gasteiger partial charge is 0.481 e. The SMILES string of the molecule is CCC1CCC(NC(=O)C(CCC(=O)O)NC(=O)OCC2c3ccccc3-c3ccccc32)C1C. The first kappa shape index (κ1) is 24.8. The Balaban J connectivity index is 1.39. The highest BCUT2D eigenvalue weighted by molar-refractivity contribution is 5.86. The van der Waals surface area contributed by atoms with E-state index in [4.69, 9.17) is 9.84 Å². The second-order valence-corrected chi connectivity index (χ2v) is 9.67. The molecule has 2 amide bonds. The number of carboxylic acid groups (broad SMARTS) is 1. The van der Waals surface area contributed by atoms with Crippen molar-refractivity contribution in [2.24, 2.45) is 11.8 Å². The number of nitrogens with one attached hydrogen (secondary N) is 2. The van der Waals surface area contributed by atoms with E-state index in [0.717, 1.165) is 41.5 Å². The average Bonchev–Trinajstić information content (AvgIpc) is 3.37. The van der Waals surface area contributed by atoms with Gasteiger partial charge in [0, 0.05) is 18.4 Å². The molecule has 3 N–H and O–H groups in total. The van der Waals surface area contributed by atoms with Gasteiger partial charge in [0.05, 0.1) is 0 Å². The maximum absolute atomic E-state index is 13.0. The van der Waals surface area contributed by atoms with Gasteiger partial charge in [-0.05, 0) is 53.4 Å². The minimum Gasteiger partial charge on any atom is -0.481 e. The second kappa shape index (κ2) is 10.9. The molecule has 0 spiro atoms. The molecule has 186 valence electrons. The molecule has 0 aliphatic heterocycles. The van der Waals surface area contributed by atoms with Crippen LogP contribution in [0.15, 0.2) is 48.5 Å². The monoisotopic (exact) mass is 478 g/mol. The van der Waals surface area contributed by atoms with E-state index >= 15 is 0 Å². The molecule has 1 fully saturated rings. The molecule has 1 saturated carbocycles. The number of hydrogen-bond acceptors (Lipinski definition) is 4. The lowest BCUT2D eigenvalue weighted by molar-refractivity contribution is -0.137. The summed E-state index contributed by atoms with van der Waals surface area (Å²) in [6, 6.07) is 15.2. The minimum atomic E-state index is -1.02. The van der Waals surface area contributed by atoms with Crippen molar-refractivity contribution in [2.75, 3.05) is 6.61 Å².